The van der Waals surface area contributed by atoms with Crippen molar-refractivity contribution in [1.82, 2.24) is 9.21 Å². The first kappa shape index (κ1) is 22.8. The zero-order chi connectivity index (χ0) is 22.1. The summed E-state index contributed by atoms with van der Waals surface area (Å²) in [4.78, 5) is 14.3. The van der Waals surface area contributed by atoms with E-state index in [1.54, 1.807) is 12.1 Å². The van der Waals surface area contributed by atoms with Gasteiger partial charge in [-0.05, 0) is 30.3 Å². The fourth-order valence-corrected chi connectivity index (χ4v) is 5.81. The van der Waals surface area contributed by atoms with Gasteiger partial charge in [0.1, 0.15) is 4.90 Å². The Morgan fingerprint density at radius 1 is 0.967 bits per heavy atom. The third kappa shape index (κ3) is 5.06. The minimum absolute atomic E-state index is 0.0680. The predicted molar refractivity (Wildman–Crippen MR) is 116 cm³/mol. The van der Waals surface area contributed by atoms with Crippen molar-refractivity contribution in [2.45, 2.75) is 4.90 Å². The summed E-state index contributed by atoms with van der Waals surface area (Å²) in [6.07, 6.45) is 0.999. The highest BCUT2D eigenvalue weighted by atomic mass is 35.5. The van der Waals surface area contributed by atoms with Crippen LogP contribution in [0.4, 0.5) is 5.69 Å². The number of hydrogen-bond acceptors (Lipinski definition) is 5. The summed E-state index contributed by atoms with van der Waals surface area (Å²) in [6, 6.07) is 10.5. The molecule has 0 aliphatic carbocycles. The summed E-state index contributed by atoms with van der Waals surface area (Å²) < 4.78 is 52.5. The number of piperazine rings is 1. The van der Waals surface area contributed by atoms with Crippen molar-refractivity contribution in [3.63, 3.8) is 0 Å². The molecule has 0 atom stereocenters. The summed E-state index contributed by atoms with van der Waals surface area (Å²) >= 11 is 12.0. The highest BCUT2D eigenvalue weighted by molar-refractivity contribution is 7.92. The van der Waals surface area contributed by atoms with Gasteiger partial charge in [0.05, 0.1) is 22.5 Å². The van der Waals surface area contributed by atoms with E-state index in [-0.39, 0.29) is 58.3 Å². The molecule has 1 saturated heterocycles. The molecule has 30 heavy (non-hydrogen) atoms. The third-order valence-electron chi connectivity index (χ3n) is 4.49. The molecule has 0 unspecified atom stereocenters. The quantitative estimate of drug-likeness (QED) is 0.691. The molecule has 162 valence electrons. The van der Waals surface area contributed by atoms with Gasteiger partial charge in [-0.25, -0.2) is 16.8 Å². The molecule has 0 aromatic heterocycles. The van der Waals surface area contributed by atoms with Crippen LogP contribution >= 0.6 is 23.2 Å². The second-order valence-corrected chi connectivity index (χ2v) is 11.2. The second-order valence-electron chi connectivity index (χ2n) is 6.69. The lowest BCUT2D eigenvalue weighted by molar-refractivity contribution is 0.0699. The smallest absolute Gasteiger partial charge is 0.256 e. The number of rotatable bonds is 5. The van der Waals surface area contributed by atoms with E-state index in [0.29, 0.717) is 0 Å². The molecule has 0 saturated carbocycles. The van der Waals surface area contributed by atoms with Crippen molar-refractivity contribution in [3.8, 4) is 0 Å². The zero-order valence-electron chi connectivity index (χ0n) is 15.9. The van der Waals surface area contributed by atoms with Gasteiger partial charge < -0.3 is 4.90 Å². The molecule has 2 aromatic rings. The van der Waals surface area contributed by atoms with Crippen LogP contribution in [0.25, 0.3) is 0 Å². The molecular formula is C18H19Cl2N3O5S2. The molecule has 1 fully saturated rings. The van der Waals surface area contributed by atoms with Crippen LogP contribution in [-0.2, 0) is 20.0 Å². The topological polar surface area (TPSA) is 104 Å². The van der Waals surface area contributed by atoms with Crippen LogP contribution in [0.3, 0.4) is 0 Å². The molecule has 1 N–H and O–H groups in total. The van der Waals surface area contributed by atoms with Crippen molar-refractivity contribution in [2.24, 2.45) is 0 Å². The number of carbonyl (C=O) groups excluding carboxylic acids is 1. The Balaban J connectivity index is 1.76. The first-order valence-electron chi connectivity index (χ1n) is 8.80. The summed E-state index contributed by atoms with van der Waals surface area (Å²) in [6.45, 7) is 0.421. The number of carbonyl (C=O) groups is 1. The van der Waals surface area contributed by atoms with Gasteiger partial charge in [-0.3, -0.25) is 9.52 Å². The zero-order valence-corrected chi connectivity index (χ0v) is 19.0. The van der Waals surface area contributed by atoms with Crippen LogP contribution in [0.15, 0.2) is 47.4 Å². The number of nitrogens with one attached hydrogen (secondary N) is 1. The van der Waals surface area contributed by atoms with Crippen molar-refractivity contribution in [2.75, 3.05) is 37.2 Å². The first-order chi connectivity index (χ1) is 14.0. The number of benzene rings is 2. The Morgan fingerprint density at radius 3 is 2.23 bits per heavy atom. The molecule has 8 nitrogen and oxygen atoms in total. The lowest BCUT2D eigenvalue weighted by Gasteiger charge is -2.34. The number of anilines is 1. The van der Waals surface area contributed by atoms with E-state index in [2.05, 4.69) is 4.72 Å². The summed E-state index contributed by atoms with van der Waals surface area (Å²) in [5.41, 5.74) is 0.364. The van der Waals surface area contributed by atoms with E-state index in [4.69, 9.17) is 23.2 Å². The average Bonchev–Trinajstić information content (AvgIpc) is 2.68. The van der Waals surface area contributed by atoms with E-state index in [9.17, 15) is 21.6 Å². The van der Waals surface area contributed by atoms with Gasteiger partial charge in [-0.15, -0.1) is 0 Å². The monoisotopic (exact) mass is 491 g/mol. The number of halogens is 2. The van der Waals surface area contributed by atoms with Crippen LogP contribution in [-0.4, -0.2) is 64.4 Å². The van der Waals surface area contributed by atoms with Crippen LogP contribution in [0.2, 0.25) is 10.0 Å². The number of nitrogens with zero attached hydrogens (tertiary/aromatic N) is 2. The van der Waals surface area contributed by atoms with Gasteiger partial charge in [0.15, 0.2) is 0 Å². The number of para-hydroxylation sites is 1. The van der Waals surface area contributed by atoms with E-state index >= 15 is 0 Å². The van der Waals surface area contributed by atoms with Crippen molar-refractivity contribution in [1.29, 1.82) is 0 Å². The SMILES string of the molecule is CS(=O)(=O)Nc1ccccc1C(=O)N1CCN(S(=O)(=O)c2cc(Cl)ccc2Cl)CC1. The standard InChI is InChI=1S/C18H19Cl2N3O5S2/c1-29(25,26)21-16-5-3-2-4-14(16)18(24)22-8-10-23(11-9-22)30(27,28)17-12-13(19)6-7-15(17)20/h2-7,12,21H,8-11H2,1H3. The van der Waals surface area contributed by atoms with Gasteiger partial charge in [-0.1, -0.05) is 35.3 Å². The predicted octanol–water partition coefficient (Wildman–Crippen LogP) is 2.51. The largest absolute Gasteiger partial charge is 0.336 e. The Labute approximate surface area is 185 Å². The number of hydrogen-bond donors (Lipinski definition) is 1. The molecule has 1 aliphatic rings. The fraction of sp³-hybridized carbons (Fsp3) is 0.278. The molecule has 1 heterocycles. The molecule has 1 aliphatic heterocycles. The van der Waals surface area contributed by atoms with E-state index in [1.807, 2.05) is 0 Å². The number of sulfonamides is 2. The minimum atomic E-state index is -3.87. The maximum absolute atomic E-state index is 12.9. The van der Waals surface area contributed by atoms with Gasteiger partial charge >= 0.3 is 0 Å². The first-order valence-corrected chi connectivity index (χ1v) is 12.9. The summed E-state index contributed by atoms with van der Waals surface area (Å²) in [5, 5.41) is 0.320. The summed E-state index contributed by atoms with van der Waals surface area (Å²) in [5.74, 6) is -0.389. The van der Waals surface area contributed by atoms with E-state index in [0.717, 1.165) is 6.26 Å². The van der Waals surface area contributed by atoms with Crippen molar-refractivity contribution >= 4 is 54.8 Å². The molecule has 3 rings (SSSR count). The highest BCUT2D eigenvalue weighted by Crippen LogP contribution is 2.28. The van der Waals surface area contributed by atoms with Crippen molar-refractivity contribution in [3.05, 3.63) is 58.1 Å². The molecule has 2 aromatic carbocycles. The van der Waals surface area contributed by atoms with Gasteiger partial charge in [0.2, 0.25) is 20.0 Å². The maximum Gasteiger partial charge on any atom is 0.256 e. The molecule has 0 radical (unpaired) electrons. The van der Waals surface area contributed by atoms with Crippen LogP contribution < -0.4 is 4.72 Å². The van der Waals surface area contributed by atoms with E-state index < -0.39 is 20.0 Å². The van der Waals surface area contributed by atoms with Gasteiger partial charge in [0.25, 0.3) is 5.91 Å². The normalized spacial score (nSPS) is 15.8. The lowest BCUT2D eigenvalue weighted by atomic mass is 10.1. The molecule has 0 bridgehead atoms. The Bertz CT molecular complexity index is 1180. The van der Waals surface area contributed by atoms with Gasteiger partial charge in [0, 0.05) is 31.2 Å². The molecule has 12 heteroatoms. The molecular weight excluding hydrogens is 473 g/mol. The number of amides is 1. The maximum atomic E-state index is 12.9. The van der Waals surface area contributed by atoms with Crippen LogP contribution in [0.5, 0.6) is 0 Å². The Morgan fingerprint density at radius 2 is 1.60 bits per heavy atom. The average molecular weight is 492 g/mol. The van der Waals surface area contributed by atoms with E-state index in [1.165, 1.54) is 39.5 Å². The van der Waals surface area contributed by atoms with Gasteiger partial charge in [-0.2, -0.15) is 4.31 Å². The summed E-state index contributed by atoms with van der Waals surface area (Å²) in [7, 11) is -7.44. The van der Waals surface area contributed by atoms with Crippen LogP contribution in [0, 0.1) is 0 Å². The Kier molecular flexibility index (Phi) is 6.63. The fourth-order valence-electron chi connectivity index (χ4n) is 3.07. The second kappa shape index (κ2) is 8.72. The van der Waals surface area contributed by atoms with Crippen LogP contribution in [0.1, 0.15) is 10.4 Å². The minimum Gasteiger partial charge on any atom is -0.336 e. The Hall–Kier alpha value is -1.85. The molecule has 0 spiro atoms. The van der Waals surface area contributed by atoms with Crippen molar-refractivity contribution < 1.29 is 21.6 Å². The lowest BCUT2D eigenvalue weighted by Crippen LogP contribution is -2.50. The highest BCUT2D eigenvalue weighted by Gasteiger charge is 2.32. The molecule has 1 amide bonds. The third-order valence-corrected chi connectivity index (χ3v) is 7.70.